The molecule has 1 aromatic heterocycles. The Morgan fingerprint density at radius 3 is 0.925 bits per heavy atom. The second-order valence-electron chi connectivity index (χ2n) is 21.2. The molecule has 0 amide bonds. The lowest BCUT2D eigenvalue weighted by Gasteiger charge is -2.54. The fourth-order valence-electron chi connectivity index (χ4n) is 12.1. The molecule has 7 nitrogen and oxygen atoms in total. The van der Waals surface area contributed by atoms with E-state index in [0.717, 1.165) is 51.4 Å². The van der Waals surface area contributed by atoms with E-state index in [1.165, 1.54) is 116 Å². The summed E-state index contributed by atoms with van der Waals surface area (Å²) >= 11 is 6.96. The summed E-state index contributed by atoms with van der Waals surface area (Å²) in [6.07, 6.45) is 33.0. The van der Waals surface area contributed by atoms with Crippen LogP contribution in [0.1, 0.15) is 222 Å². The number of rotatable bonds is 6. The number of anilines is 2. The highest BCUT2D eigenvalue weighted by atomic mass is 35.5. The standard InChI is InChI=1S/C45H82ClN7/c1-40(2)31-35(32-41(3,4)52-40)44(27-23-19-15-11-9-12-16-20-24-28-44)50-38-47-37(46)48-39(49-38)51-45(36-33-42(5,6)53-43(7,8)34-36)29-25-21-17-13-10-14-18-22-26-30-45/h35-36,52-53H,9-34H2,1-8H3,(H2,47,48,49,50,51). The first-order valence-corrected chi connectivity index (χ1v) is 22.9. The van der Waals surface area contributed by atoms with E-state index in [-0.39, 0.29) is 33.2 Å². The van der Waals surface area contributed by atoms with Gasteiger partial charge in [-0.05, 0) is 130 Å². The van der Waals surface area contributed by atoms with Crippen LogP contribution in [0.15, 0.2) is 0 Å². The molecule has 0 bridgehead atoms. The first kappa shape index (κ1) is 43.0. The van der Waals surface area contributed by atoms with Crippen molar-refractivity contribution in [2.24, 2.45) is 11.8 Å². The molecule has 8 heteroatoms. The molecule has 4 aliphatic rings. The first-order chi connectivity index (χ1) is 25.0. The molecule has 4 fully saturated rings. The van der Waals surface area contributed by atoms with Gasteiger partial charge in [0.25, 0.3) is 0 Å². The fraction of sp³-hybridized carbons (Fsp3) is 0.933. The molecule has 2 aliphatic carbocycles. The normalized spacial score (nSPS) is 27.9. The third kappa shape index (κ3) is 12.9. The van der Waals surface area contributed by atoms with Crippen molar-refractivity contribution in [3.63, 3.8) is 0 Å². The predicted octanol–water partition coefficient (Wildman–Crippen LogP) is 12.5. The molecule has 5 rings (SSSR count). The largest absolute Gasteiger partial charge is 0.348 e. The lowest BCUT2D eigenvalue weighted by atomic mass is 9.64. The molecule has 0 unspecified atom stereocenters. The van der Waals surface area contributed by atoms with Gasteiger partial charge in [-0.2, -0.15) is 15.0 Å². The summed E-state index contributed by atoms with van der Waals surface area (Å²) in [5.74, 6) is 2.34. The number of halogens is 1. The number of nitrogens with one attached hydrogen (secondary N) is 4. The van der Waals surface area contributed by atoms with Gasteiger partial charge in [-0.25, -0.2) is 0 Å². The van der Waals surface area contributed by atoms with E-state index < -0.39 is 0 Å². The van der Waals surface area contributed by atoms with Gasteiger partial charge in [0.15, 0.2) is 0 Å². The van der Waals surface area contributed by atoms with E-state index in [1.54, 1.807) is 0 Å². The van der Waals surface area contributed by atoms with Crippen LogP contribution in [0.2, 0.25) is 5.28 Å². The van der Waals surface area contributed by atoms with Crippen molar-refractivity contribution in [1.82, 2.24) is 25.6 Å². The molecule has 304 valence electrons. The highest BCUT2D eigenvalue weighted by Crippen LogP contribution is 2.47. The number of aromatic nitrogens is 3. The van der Waals surface area contributed by atoms with Crippen LogP contribution in [-0.4, -0.2) is 48.2 Å². The average molecular weight is 757 g/mol. The Bertz CT molecular complexity index is 1130. The zero-order chi connectivity index (χ0) is 38.2. The van der Waals surface area contributed by atoms with Gasteiger partial charge in [0, 0.05) is 33.2 Å². The zero-order valence-electron chi connectivity index (χ0n) is 35.8. The molecular weight excluding hydrogens is 674 g/mol. The van der Waals surface area contributed by atoms with Crippen LogP contribution in [0.25, 0.3) is 0 Å². The summed E-state index contributed by atoms with van der Waals surface area (Å²) in [5.41, 5.74) is 0.0579. The quantitative estimate of drug-likeness (QED) is 0.230. The van der Waals surface area contributed by atoms with Crippen molar-refractivity contribution < 1.29 is 0 Å². The van der Waals surface area contributed by atoms with Gasteiger partial charge in [0.1, 0.15) is 0 Å². The highest BCUT2D eigenvalue weighted by Gasteiger charge is 2.49. The van der Waals surface area contributed by atoms with Crippen LogP contribution in [-0.2, 0) is 0 Å². The second-order valence-corrected chi connectivity index (χ2v) is 21.5. The van der Waals surface area contributed by atoms with Crippen molar-refractivity contribution in [3.05, 3.63) is 5.28 Å². The van der Waals surface area contributed by atoms with E-state index >= 15 is 0 Å². The highest BCUT2D eigenvalue weighted by molar-refractivity contribution is 6.28. The topological polar surface area (TPSA) is 86.8 Å². The van der Waals surface area contributed by atoms with E-state index in [1.807, 2.05) is 0 Å². The Labute approximate surface area is 331 Å². The molecular formula is C45H82ClN7. The molecule has 0 radical (unpaired) electrons. The van der Waals surface area contributed by atoms with Crippen molar-refractivity contribution >= 4 is 23.5 Å². The monoisotopic (exact) mass is 756 g/mol. The third-order valence-corrected chi connectivity index (χ3v) is 13.9. The molecule has 4 N–H and O–H groups in total. The van der Waals surface area contributed by atoms with E-state index in [4.69, 9.17) is 26.6 Å². The number of nitrogens with zero attached hydrogens (tertiary/aromatic N) is 3. The van der Waals surface area contributed by atoms with Crippen LogP contribution in [0.3, 0.4) is 0 Å². The van der Waals surface area contributed by atoms with Crippen molar-refractivity contribution in [2.45, 2.75) is 256 Å². The maximum absolute atomic E-state index is 6.96. The fourth-order valence-corrected chi connectivity index (χ4v) is 12.3. The van der Waals surface area contributed by atoms with Crippen molar-refractivity contribution in [3.8, 4) is 0 Å². The van der Waals surface area contributed by atoms with Crippen molar-refractivity contribution in [2.75, 3.05) is 10.6 Å². The van der Waals surface area contributed by atoms with Crippen molar-refractivity contribution in [1.29, 1.82) is 0 Å². The van der Waals surface area contributed by atoms with Gasteiger partial charge in [-0.1, -0.05) is 116 Å². The summed E-state index contributed by atoms with van der Waals surface area (Å²) in [6, 6.07) is 0. The minimum atomic E-state index is -0.0915. The Balaban J connectivity index is 1.52. The Morgan fingerprint density at radius 2 is 0.660 bits per heavy atom. The van der Waals surface area contributed by atoms with Crippen LogP contribution in [0.5, 0.6) is 0 Å². The summed E-state index contributed by atoms with van der Waals surface area (Å²) in [7, 11) is 0. The van der Waals surface area contributed by atoms with Gasteiger partial charge in [0.2, 0.25) is 17.2 Å². The molecule has 0 aromatic carbocycles. The Morgan fingerprint density at radius 1 is 0.415 bits per heavy atom. The maximum Gasteiger partial charge on any atom is 0.229 e. The summed E-state index contributed by atoms with van der Waals surface area (Å²) in [4.78, 5) is 15.1. The Hall–Kier alpha value is -1.18. The molecule has 2 saturated carbocycles. The molecule has 3 heterocycles. The SMILES string of the molecule is CC1(C)CC(C2(Nc3nc(Cl)nc(NC4(C5CC(C)(C)NC(C)(C)C5)CCCCCCCCCCC4)n3)CCCCCCCCCCC2)CC(C)(C)N1. The van der Waals surface area contributed by atoms with Gasteiger partial charge in [-0.3, -0.25) is 0 Å². The Kier molecular flexibility index (Phi) is 14.9. The smallest absolute Gasteiger partial charge is 0.229 e. The summed E-state index contributed by atoms with van der Waals surface area (Å²) in [6.45, 7) is 19.2. The predicted molar refractivity (Wildman–Crippen MR) is 227 cm³/mol. The van der Waals surface area contributed by atoms with Crippen LogP contribution >= 0.6 is 11.6 Å². The first-order valence-electron chi connectivity index (χ1n) is 22.6. The minimum absolute atomic E-state index is 0.0602. The number of hydrogen-bond acceptors (Lipinski definition) is 7. The van der Waals surface area contributed by atoms with Crippen LogP contribution < -0.4 is 21.3 Å². The minimum Gasteiger partial charge on any atom is -0.348 e. The van der Waals surface area contributed by atoms with E-state index in [0.29, 0.717) is 29.0 Å². The number of hydrogen-bond donors (Lipinski definition) is 4. The third-order valence-electron chi connectivity index (χ3n) is 13.8. The number of piperidine rings is 2. The van der Waals surface area contributed by atoms with Crippen LogP contribution in [0.4, 0.5) is 11.9 Å². The van der Waals surface area contributed by atoms with Gasteiger partial charge in [-0.15, -0.1) is 0 Å². The summed E-state index contributed by atoms with van der Waals surface area (Å²) in [5, 5.41) is 16.6. The molecule has 0 spiro atoms. The van der Waals surface area contributed by atoms with Gasteiger partial charge in [0.05, 0.1) is 0 Å². The van der Waals surface area contributed by atoms with E-state index in [2.05, 4.69) is 76.7 Å². The molecule has 1 aromatic rings. The average Bonchev–Trinajstić information content (AvgIpc) is 3.00. The second kappa shape index (κ2) is 18.4. The lowest BCUT2D eigenvalue weighted by molar-refractivity contribution is 0.0746. The van der Waals surface area contributed by atoms with Crippen LogP contribution in [0, 0.1) is 11.8 Å². The molecule has 2 aliphatic heterocycles. The zero-order valence-corrected chi connectivity index (χ0v) is 36.5. The maximum atomic E-state index is 6.96. The van der Waals surface area contributed by atoms with Gasteiger partial charge < -0.3 is 21.3 Å². The summed E-state index contributed by atoms with van der Waals surface area (Å²) < 4.78 is 0. The molecule has 0 atom stereocenters. The lowest BCUT2D eigenvalue weighted by Crippen LogP contribution is -2.63. The van der Waals surface area contributed by atoms with Gasteiger partial charge >= 0.3 is 0 Å². The molecule has 2 saturated heterocycles. The molecule has 53 heavy (non-hydrogen) atoms. The van der Waals surface area contributed by atoms with E-state index in [9.17, 15) is 0 Å².